The molecule has 0 amide bonds. The van der Waals surface area contributed by atoms with Gasteiger partial charge in [0.2, 0.25) is 0 Å². The highest BCUT2D eigenvalue weighted by Gasteiger charge is 2.19. The van der Waals surface area contributed by atoms with Gasteiger partial charge in [0.05, 0.1) is 18.0 Å². The van der Waals surface area contributed by atoms with E-state index in [9.17, 15) is 9.59 Å². The molecule has 2 heterocycles. The molecule has 2 rings (SSSR count). The van der Waals surface area contributed by atoms with Gasteiger partial charge in [-0.2, -0.15) is 5.10 Å². The van der Waals surface area contributed by atoms with Crippen LogP contribution in [0.3, 0.4) is 0 Å². The van der Waals surface area contributed by atoms with Gasteiger partial charge in [-0.3, -0.25) is 9.59 Å². The molecule has 1 aliphatic heterocycles. The highest BCUT2D eigenvalue weighted by molar-refractivity contribution is 5.77. The van der Waals surface area contributed by atoms with E-state index in [0.29, 0.717) is 12.5 Å². The molecule has 20 heavy (non-hydrogen) atoms. The lowest BCUT2D eigenvalue weighted by Gasteiger charge is -2.32. The number of hydrogen-bond acceptors (Lipinski definition) is 5. The van der Waals surface area contributed by atoms with E-state index in [0.717, 1.165) is 31.6 Å². The fourth-order valence-corrected chi connectivity index (χ4v) is 2.34. The molecule has 1 fully saturated rings. The fraction of sp³-hybridized carbons (Fsp3) is 0.643. The minimum absolute atomic E-state index is 0.00765. The number of rotatable bonds is 5. The molecular weight excluding hydrogens is 258 g/mol. The summed E-state index contributed by atoms with van der Waals surface area (Å²) < 4.78 is 6.55. The lowest BCUT2D eigenvalue weighted by atomic mass is 10.1. The summed E-state index contributed by atoms with van der Waals surface area (Å²) in [7, 11) is 1.73. The first-order chi connectivity index (χ1) is 9.63. The van der Waals surface area contributed by atoms with Crippen molar-refractivity contribution in [2.24, 2.45) is 0 Å². The summed E-state index contributed by atoms with van der Waals surface area (Å²) in [5, 5.41) is 4.09. The number of carbonyl (C=O) groups is 1. The van der Waals surface area contributed by atoms with Crippen LogP contribution in [-0.4, -0.2) is 41.9 Å². The Bertz CT molecular complexity index is 519. The Morgan fingerprint density at radius 1 is 1.45 bits per heavy atom. The molecular formula is C14H21N3O3. The predicted octanol–water partition coefficient (Wildman–Crippen LogP) is 0.838. The number of methoxy groups -OCH3 is 1. The zero-order valence-electron chi connectivity index (χ0n) is 12.0. The number of aromatic nitrogens is 2. The van der Waals surface area contributed by atoms with Crippen molar-refractivity contribution in [3.05, 3.63) is 22.6 Å². The average molecular weight is 279 g/mol. The number of anilines is 1. The van der Waals surface area contributed by atoms with Crippen LogP contribution in [-0.2, 0) is 16.1 Å². The van der Waals surface area contributed by atoms with E-state index in [4.69, 9.17) is 4.74 Å². The first kappa shape index (κ1) is 14.7. The lowest BCUT2D eigenvalue weighted by Crippen LogP contribution is -2.38. The molecule has 0 radical (unpaired) electrons. The summed E-state index contributed by atoms with van der Waals surface area (Å²) in [6, 6.07) is 1.56. The Labute approximate surface area is 118 Å². The molecule has 0 N–H and O–H groups in total. The SMILES string of the molecule is CCC(=O)Cn1ncc(N2CCC(OC)CC2)cc1=O. The number of nitrogens with zero attached hydrogens (tertiary/aromatic N) is 3. The first-order valence-electron chi connectivity index (χ1n) is 7.00. The van der Waals surface area contributed by atoms with Gasteiger partial charge in [0, 0.05) is 32.7 Å². The number of ether oxygens (including phenoxy) is 1. The van der Waals surface area contributed by atoms with E-state index in [1.54, 1.807) is 26.3 Å². The third-order valence-corrected chi connectivity index (χ3v) is 3.72. The van der Waals surface area contributed by atoms with Crippen molar-refractivity contribution < 1.29 is 9.53 Å². The van der Waals surface area contributed by atoms with Gasteiger partial charge < -0.3 is 9.64 Å². The lowest BCUT2D eigenvalue weighted by molar-refractivity contribution is -0.119. The van der Waals surface area contributed by atoms with Gasteiger partial charge in [0.1, 0.15) is 6.54 Å². The van der Waals surface area contributed by atoms with Crippen molar-refractivity contribution in [3.8, 4) is 0 Å². The van der Waals surface area contributed by atoms with E-state index in [1.807, 2.05) is 0 Å². The van der Waals surface area contributed by atoms with Crippen LogP contribution in [0.4, 0.5) is 5.69 Å². The molecule has 0 aromatic carbocycles. The van der Waals surface area contributed by atoms with Gasteiger partial charge >= 0.3 is 0 Å². The molecule has 0 saturated carbocycles. The maximum atomic E-state index is 12.0. The Hall–Kier alpha value is -1.69. The highest BCUT2D eigenvalue weighted by Crippen LogP contribution is 2.18. The summed E-state index contributed by atoms with van der Waals surface area (Å²) in [5.41, 5.74) is 0.600. The maximum absolute atomic E-state index is 12.0. The fourth-order valence-electron chi connectivity index (χ4n) is 2.34. The smallest absolute Gasteiger partial charge is 0.269 e. The largest absolute Gasteiger partial charge is 0.381 e. The van der Waals surface area contributed by atoms with Crippen LogP contribution in [0.15, 0.2) is 17.1 Å². The van der Waals surface area contributed by atoms with E-state index in [1.165, 1.54) is 4.68 Å². The van der Waals surface area contributed by atoms with E-state index in [-0.39, 0.29) is 17.9 Å². The van der Waals surface area contributed by atoms with Gasteiger partial charge in [-0.1, -0.05) is 6.92 Å². The van der Waals surface area contributed by atoms with Gasteiger partial charge in [-0.05, 0) is 12.8 Å². The van der Waals surface area contributed by atoms with Crippen molar-refractivity contribution in [2.45, 2.75) is 38.8 Å². The van der Waals surface area contributed by atoms with Crippen molar-refractivity contribution >= 4 is 11.5 Å². The quantitative estimate of drug-likeness (QED) is 0.799. The van der Waals surface area contributed by atoms with Crippen LogP contribution >= 0.6 is 0 Å². The van der Waals surface area contributed by atoms with Crippen molar-refractivity contribution in [1.29, 1.82) is 0 Å². The van der Waals surface area contributed by atoms with Crippen LogP contribution in [0.25, 0.3) is 0 Å². The second-order valence-corrected chi connectivity index (χ2v) is 5.02. The highest BCUT2D eigenvalue weighted by atomic mass is 16.5. The molecule has 0 unspecified atom stereocenters. The van der Waals surface area contributed by atoms with Gasteiger partial charge in [-0.25, -0.2) is 4.68 Å². The summed E-state index contributed by atoms with van der Waals surface area (Å²) in [6.45, 7) is 3.55. The second kappa shape index (κ2) is 6.65. The third-order valence-electron chi connectivity index (χ3n) is 3.72. The maximum Gasteiger partial charge on any atom is 0.269 e. The van der Waals surface area contributed by atoms with Crippen molar-refractivity contribution in [2.75, 3.05) is 25.1 Å². The number of carbonyl (C=O) groups excluding carboxylic acids is 1. The number of hydrogen-bond donors (Lipinski definition) is 0. The summed E-state index contributed by atoms with van der Waals surface area (Å²) in [5.74, 6) is 0.00765. The van der Waals surface area contributed by atoms with Gasteiger partial charge in [0.25, 0.3) is 5.56 Å². The Morgan fingerprint density at radius 2 is 2.15 bits per heavy atom. The molecule has 110 valence electrons. The van der Waals surface area contributed by atoms with Crippen LogP contribution < -0.4 is 10.5 Å². The monoisotopic (exact) mass is 279 g/mol. The third kappa shape index (κ3) is 3.45. The van der Waals surface area contributed by atoms with Crippen LogP contribution in [0.5, 0.6) is 0 Å². The zero-order valence-corrected chi connectivity index (χ0v) is 12.0. The minimum atomic E-state index is -0.224. The van der Waals surface area contributed by atoms with Crippen LogP contribution in [0, 0.1) is 0 Å². The number of Topliss-reactive ketones (excluding diaryl/α,β-unsaturated/α-hetero) is 1. The minimum Gasteiger partial charge on any atom is -0.381 e. The molecule has 1 aromatic heterocycles. The molecule has 1 saturated heterocycles. The topological polar surface area (TPSA) is 64.4 Å². The normalized spacial score (nSPS) is 16.4. The Kier molecular flexibility index (Phi) is 4.89. The summed E-state index contributed by atoms with van der Waals surface area (Å²) in [4.78, 5) is 25.5. The zero-order chi connectivity index (χ0) is 14.5. The summed E-state index contributed by atoms with van der Waals surface area (Å²) in [6.07, 6.45) is 4.29. The van der Waals surface area contributed by atoms with Crippen LogP contribution in [0.1, 0.15) is 26.2 Å². The summed E-state index contributed by atoms with van der Waals surface area (Å²) >= 11 is 0. The molecule has 0 atom stereocenters. The number of ketones is 1. The molecule has 0 aliphatic carbocycles. The van der Waals surface area contributed by atoms with E-state index < -0.39 is 0 Å². The predicted molar refractivity (Wildman–Crippen MR) is 76.0 cm³/mol. The Balaban J connectivity index is 2.06. The van der Waals surface area contributed by atoms with Gasteiger partial charge in [-0.15, -0.1) is 0 Å². The standard InChI is InChI=1S/C14H21N3O3/c1-3-12(18)10-17-14(19)8-11(9-15-17)16-6-4-13(20-2)5-7-16/h8-9,13H,3-7,10H2,1-2H3. The van der Waals surface area contributed by atoms with E-state index >= 15 is 0 Å². The molecule has 6 nitrogen and oxygen atoms in total. The molecule has 0 bridgehead atoms. The van der Waals surface area contributed by atoms with E-state index in [2.05, 4.69) is 10.00 Å². The molecule has 1 aromatic rings. The molecule has 1 aliphatic rings. The molecule has 6 heteroatoms. The first-order valence-corrected chi connectivity index (χ1v) is 7.00. The number of piperidine rings is 1. The van der Waals surface area contributed by atoms with Crippen LogP contribution in [0.2, 0.25) is 0 Å². The Morgan fingerprint density at radius 3 is 2.70 bits per heavy atom. The van der Waals surface area contributed by atoms with Crippen molar-refractivity contribution in [1.82, 2.24) is 9.78 Å². The average Bonchev–Trinajstić information content (AvgIpc) is 2.49. The molecule has 0 spiro atoms. The van der Waals surface area contributed by atoms with Crippen molar-refractivity contribution in [3.63, 3.8) is 0 Å². The van der Waals surface area contributed by atoms with Gasteiger partial charge in [0.15, 0.2) is 5.78 Å². The second-order valence-electron chi connectivity index (χ2n) is 5.02.